The third-order valence-electron chi connectivity index (χ3n) is 3.09. The first-order valence-electron chi connectivity index (χ1n) is 5.96. The number of rotatable bonds is 2. The highest BCUT2D eigenvalue weighted by Gasteiger charge is 2.37. The lowest BCUT2D eigenvalue weighted by molar-refractivity contribution is -0.137. The van der Waals surface area contributed by atoms with Crippen molar-refractivity contribution in [2.24, 2.45) is 5.92 Å². The Morgan fingerprint density at radius 3 is 2.38 bits per heavy atom. The molecule has 1 fully saturated rings. The second kappa shape index (κ2) is 4.90. The lowest BCUT2D eigenvalue weighted by Gasteiger charge is -2.19. The standard InChI is InChI=1S/C12H12F3NO4S/c1-7-5-16(21(19,20)6-7)10-3-8(11(17)18)2-9(4-10)12(13,14)15/h2-4,7H,5-6H2,1H3,(H,17,18). The first-order chi connectivity index (χ1) is 9.50. The lowest BCUT2D eigenvalue weighted by Crippen LogP contribution is -2.26. The number of benzene rings is 1. The van der Waals surface area contributed by atoms with Gasteiger partial charge in [-0.1, -0.05) is 6.92 Å². The average Bonchev–Trinajstić information content (AvgIpc) is 2.60. The Kier molecular flexibility index (Phi) is 3.64. The molecular formula is C12H12F3NO4S. The molecule has 1 aromatic carbocycles. The van der Waals surface area contributed by atoms with E-state index in [4.69, 9.17) is 5.11 Å². The van der Waals surface area contributed by atoms with Gasteiger partial charge in [0.05, 0.1) is 22.6 Å². The van der Waals surface area contributed by atoms with Crippen LogP contribution in [0.4, 0.5) is 18.9 Å². The maximum absolute atomic E-state index is 12.8. The average molecular weight is 323 g/mol. The third-order valence-corrected chi connectivity index (χ3v) is 5.11. The van der Waals surface area contributed by atoms with Crippen molar-refractivity contribution < 1.29 is 31.5 Å². The second-order valence-electron chi connectivity index (χ2n) is 4.99. The molecule has 0 radical (unpaired) electrons. The van der Waals surface area contributed by atoms with E-state index in [-0.39, 0.29) is 23.9 Å². The number of halogens is 3. The fourth-order valence-corrected chi connectivity index (χ4v) is 4.12. The first-order valence-corrected chi connectivity index (χ1v) is 7.57. The van der Waals surface area contributed by atoms with Crippen molar-refractivity contribution in [3.8, 4) is 0 Å². The summed E-state index contributed by atoms with van der Waals surface area (Å²) in [5.41, 5.74) is -2.06. The maximum Gasteiger partial charge on any atom is 0.416 e. The Morgan fingerprint density at radius 2 is 1.95 bits per heavy atom. The van der Waals surface area contributed by atoms with Crippen LogP contribution in [0.15, 0.2) is 18.2 Å². The van der Waals surface area contributed by atoms with Crippen molar-refractivity contribution in [2.45, 2.75) is 13.1 Å². The van der Waals surface area contributed by atoms with Crippen LogP contribution in [-0.4, -0.2) is 31.8 Å². The van der Waals surface area contributed by atoms with E-state index in [0.29, 0.717) is 12.1 Å². The summed E-state index contributed by atoms with van der Waals surface area (Å²) in [6, 6.07) is 2.08. The predicted octanol–water partition coefficient (Wildman–Crippen LogP) is 2.19. The van der Waals surface area contributed by atoms with Crippen LogP contribution < -0.4 is 4.31 Å². The zero-order chi connectivity index (χ0) is 16.0. The number of carboxylic acids is 1. The van der Waals surface area contributed by atoms with E-state index in [0.717, 1.165) is 10.4 Å². The zero-order valence-corrected chi connectivity index (χ0v) is 11.7. The van der Waals surface area contributed by atoms with Crippen molar-refractivity contribution in [2.75, 3.05) is 16.6 Å². The first kappa shape index (κ1) is 15.6. The van der Waals surface area contributed by atoms with E-state index < -0.39 is 33.3 Å². The van der Waals surface area contributed by atoms with E-state index in [1.54, 1.807) is 6.92 Å². The fraction of sp³-hybridized carbons (Fsp3) is 0.417. The molecule has 0 aliphatic carbocycles. The summed E-state index contributed by atoms with van der Waals surface area (Å²) in [5, 5.41) is 8.89. The minimum absolute atomic E-state index is 0.0305. The van der Waals surface area contributed by atoms with Crippen molar-refractivity contribution >= 4 is 21.7 Å². The van der Waals surface area contributed by atoms with E-state index in [1.807, 2.05) is 0 Å². The van der Waals surface area contributed by atoms with Crippen LogP contribution in [0.1, 0.15) is 22.8 Å². The number of alkyl halides is 3. The van der Waals surface area contributed by atoms with Gasteiger partial charge in [-0.15, -0.1) is 0 Å². The van der Waals surface area contributed by atoms with Gasteiger partial charge in [0.15, 0.2) is 0 Å². The van der Waals surface area contributed by atoms with Gasteiger partial charge in [0.25, 0.3) is 0 Å². The van der Waals surface area contributed by atoms with Crippen LogP contribution >= 0.6 is 0 Å². The van der Waals surface area contributed by atoms with Crippen LogP contribution in [0.5, 0.6) is 0 Å². The molecule has 9 heteroatoms. The van der Waals surface area contributed by atoms with E-state index in [1.165, 1.54) is 0 Å². The molecule has 21 heavy (non-hydrogen) atoms. The third kappa shape index (κ3) is 3.12. The number of carboxylic acid groups (broad SMARTS) is 1. The molecule has 1 atom stereocenters. The molecule has 0 saturated carbocycles. The molecule has 1 aliphatic rings. The summed E-state index contributed by atoms with van der Waals surface area (Å²) < 4.78 is 63.1. The Bertz CT molecular complexity index is 684. The van der Waals surface area contributed by atoms with Crippen molar-refractivity contribution in [3.63, 3.8) is 0 Å². The highest BCUT2D eigenvalue weighted by molar-refractivity contribution is 7.93. The second-order valence-corrected chi connectivity index (χ2v) is 6.92. The molecule has 1 saturated heterocycles. The van der Waals surface area contributed by atoms with Gasteiger partial charge in [0.1, 0.15) is 0 Å². The summed E-state index contributed by atoms with van der Waals surface area (Å²) in [5.74, 6) is -1.96. The molecular weight excluding hydrogens is 311 g/mol. The highest BCUT2D eigenvalue weighted by Crippen LogP contribution is 2.35. The molecule has 1 aliphatic heterocycles. The van der Waals surface area contributed by atoms with Crippen LogP contribution in [-0.2, 0) is 16.2 Å². The molecule has 1 aromatic rings. The van der Waals surface area contributed by atoms with Crippen LogP contribution in [0, 0.1) is 5.92 Å². The predicted molar refractivity (Wildman–Crippen MR) is 68.7 cm³/mol. The number of hydrogen-bond acceptors (Lipinski definition) is 3. The molecule has 1 unspecified atom stereocenters. The minimum Gasteiger partial charge on any atom is -0.478 e. The minimum atomic E-state index is -4.75. The van der Waals surface area contributed by atoms with Gasteiger partial charge in [-0.2, -0.15) is 13.2 Å². The van der Waals surface area contributed by atoms with E-state index in [9.17, 15) is 26.4 Å². The van der Waals surface area contributed by atoms with Gasteiger partial charge >= 0.3 is 12.1 Å². The molecule has 116 valence electrons. The number of aromatic carboxylic acids is 1. The molecule has 0 spiro atoms. The quantitative estimate of drug-likeness (QED) is 0.905. The van der Waals surface area contributed by atoms with Gasteiger partial charge in [-0.25, -0.2) is 13.2 Å². The molecule has 0 aromatic heterocycles. The molecule has 0 amide bonds. The number of sulfonamides is 1. The number of carbonyl (C=O) groups is 1. The monoisotopic (exact) mass is 323 g/mol. The van der Waals surface area contributed by atoms with Gasteiger partial charge in [0, 0.05) is 6.54 Å². The highest BCUT2D eigenvalue weighted by atomic mass is 32.2. The van der Waals surface area contributed by atoms with Crippen molar-refractivity contribution in [3.05, 3.63) is 29.3 Å². The molecule has 2 rings (SSSR count). The smallest absolute Gasteiger partial charge is 0.416 e. The Labute approximate surface area is 119 Å². The van der Waals surface area contributed by atoms with Crippen LogP contribution in [0.25, 0.3) is 0 Å². The van der Waals surface area contributed by atoms with Crippen LogP contribution in [0.2, 0.25) is 0 Å². The summed E-state index contributed by atoms with van der Waals surface area (Å²) in [4.78, 5) is 10.9. The molecule has 1 heterocycles. The number of anilines is 1. The van der Waals surface area contributed by atoms with E-state index in [2.05, 4.69) is 0 Å². The van der Waals surface area contributed by atoms with Crippen molar-refractivity contribution in [1.29, 1.82) is 0 Å². The van der Waals surface area contributed by atoms with Crippen molar-refractivity contribution in [1.82, 2.24) is 0 Å². The van der Waals surface area contributed by atoms with Gasteiger partial charge in [0.2, 0.25) is 10.0 Å². The van der Waals surface area contributed by atoms with Crippen LogP contribution in [0.3, 0.4) is 0 Å². The summed E-state index contributed by atoms with van der Waals surface area (Å²) in [6.45, 7) is 1.69. The molecule has 0 bridgehead atoms. The normalized spacial score (nSPS) is 21.5. The van der Waals surface area contributed by atoms with Gasteiger partial charge in [-0.3, -0.25) is 4.31 Å². The fourth-order valence-electron chi connectivity index (χ4n) is 2.21. The SMILES string of the molecule is CC1CN(c2cc(C(=O)O)cc(C(F)(F)F)c2)S(=O)(=O)C1. The molecule has 1 N–H and O–H groups in total. The lowest BCUT2D eigenvalue weighted by atomic mass is 10.1. The molecule has 5 nitrogen and oxygen atoms in total. The number of nitrogens with zero attached hydrogens (tertiary/aromatic N) is 1. The number of hydrogen-bond donors (Lipinski definition) is 1. The van der Waals surface area contributed by atoms with Gasteiger partial charge < -0.3 is 5.11 Å². The maximum atomic E-state index is 12.8. The summed E-state index contributed by atoms with van der Waals surface area (Å²) >= 11 is 0. The topological polar surface area (TPSA) is 74.7 Å². The largest absolute Gasteiger partial charge is 0.478 e. The summed E-state index contributed by atoms with van der Waals surface area (Å²) in [7, 11) is -3.72. The van der Waals surface area contributed by atoms with E-state index >= 15 is 0 Å². The Morgan fingerprint density at radius 1 is 1.33 bits per heavy atom. The summed E-state index contributed by atoms with van der Waals surface area (Å²) in [6.07, 6.45) is -4.75. The zero-order valence-electron chi connectivity index (χ0n) is 10.9. The Hall–Kier alpha value is -1.77. The van der Waals surface area contributed by atoms with Gasteiger partial charge in [-0.05, 0) is 24.1 Å². The Balaban J connectivity index is 2.59.